The van der Waals surface area contributed by atoms with Crippen molar-refractivity contribution in [1.82, 2.24) is 0 Å². The third-order valence-corrected chi connectivity index (χ3v) is 4.39. The molecule has 1 N–H and O–H groups in total. The molecule has 0 aliphatic rings. The highest BCUT2D eigenvalue weighted by Crippen LogP contribution is 2.24. The fourth-order valence-corrected chi connectivity index (χ4v) is 3.07. The molecule has 0 amide bonds. The Labute approximate surface area is 104 Å². The molecule has 0 aromatic carbocycles. The van der Waals surface area contributed by atoms with Crippen LogP contribution in [0.2, 0.25) is 0 Å². The van der Waals surface area contributed by atoms with Crippen LogP contribution in [0.3, 0.4) is 0 Å². The lowest BCUT2D eigenvalue weighted by atomic mass is 9.90. The van der Waals surface area contributed by atoms with Gasteiger partial charge in [-0.3, -0.25) is 9.35 Å². The van der Waals surface area contributed by atoms with Crippen molar-refractivity contribution in [2.24, 2.45) is 11.8 Å². The van der Waals surface area contributed by atoms with Crippen molar-refractivity contribution in [3.05, 3.63) is 12.7 Å². The van der Waals surface area contributed by atoms with Crippen LogP contribution in [0.1, 0.15) is 40.0 Å². The summed E-state index contributed by atoms with van der Waals surface area (Å²) < 4.78 is 31.6. The van der Waals surface area contributed by atoms with Gasteiger partial charge in [-0.1, -0.05) is 33.8 Å². The SMILES string of the molecule is C=CC(=O)C(CCC)CC(C(C)C)S(=O)(=O)O. The van der Waals surface area contributed by atoms with Crippen LogP contribution in [-0.4, -0.2) is 24.0 Å². The Morgan fingerprint density at radius 1 is 1.41 bits per heavy atom. The Kier molecular flexibility index (Phi) is 6.64. The van der Waals surface area contributed by atoms with Crippen LogP contribution in [0.15, 0.2) is 12.7 Å². The van der Waals surface area contributed by atoms with E-state index in [0.717, 1.165) is 6.42 Å². The van der Waals surface area contributed by atoms with Crippen molar-refractivity contribution in [2.45, 2.75) is 45.3 Å². The second kappa shape index (κ2) is 6.91. The molecule has 0 spiro atoms. The van der Waals surface area contributed by atoms with Gasteiger partial charge in [0.05, 0.1) is 5.25 Å². The number of carbonyl (C=O) groups excluding carboxylic acids is 1. The van der Waals surface area contributed by atoms with Gasteiger partial charge in [-0.2, -0.15) is 8.42 Å². The lowest BCUT2D eigenvalue weighted by molar-refractivity contribution is -0.118. The summed E-state index contributed by atoms with van der Waals surface area (Å²) in [6.45, 7) is 8.79. The van der Waals surface area contributed by atoms with Crippen molar-refractivity contribution < 1.29 is 17.8 Å². The van der Waals surface area contributed by atoms with E-state index >= 15 is 0 Å². The predicted octanol–water partition coefficient (Wildman–Crippen LogP) is 2.46. The molecular formula is C12H22O4S. The first-order chi connectivity index (χ1) is 7.73. The maximum absolute atomic E-state index is 11.6. The van der Waals surface area contributed by atoms with Gasteiger partial charge in [-0.05, 0) is 24.8 Å². The molecule has 2 atom stereocenters. The van der Waals surface area contributed by atoms with Crippen LogP contribution < -0.4 is 0 Å². The molecule has 0 radical (unpaired) electrons. The average Bonchev–Trinajstić information content (AvgIpc) is 2.20. The third-order valence-electron chi connectivity index (χ3n) is 2.88. The molecule has 0 heterocycles. The Morgan fingerprint density at radius 3 is 2.24 bits per heavy atom. The zero-order valence-corrected chi connectivity index (χ0v) is 11.5. The lowest BCUT2D eigenvalue weighted by Gasteiger charge is -2.22. The fraction of sp³-hybridized carbons (Fsp3) is 0.750. The Morgan fingerprint density at radius 2 is 1.94 bits per heavy atom. The van der Waals surface area contributed by atoms with Crippen LogP contribution in [0.5, 0.6) is 0 Å². The molecule has 0 aromatic rings. The molecule has 0 saturated carbocycles. The number of allylic oxidation sites excluding steroid dienone is 1. The highest BCUT2D eigenvalue weighted by molar-refractivity contribution is 7.86. The highest BCUT2D eigenvalue weighted by Gasteiger charge is 2.31. The summed E-state index contributed by atoms with van der Waals surface area (Å²) in [5.41, 5.74) is 0. The van der Waals surface area contributed by atoms with Crippen molar-refractivity contribution in [3.8, 4) is 0 Å². The van der Waals surface area contributed by atoms with Gasteiger partial charge in [0.15, 0.2) is 5.78 Å². The van der Waals surface area contributed by atoms with E-state index in [-0.39, 0.29) is 24.0 Å². The monoisotopic (exact) mass is 262 g/mol. The first-order valence-corrected chi connectivity index (χ1v) is 7.36. The lowest BCUT2D eigenvalue weighted by Crippen LogP contribution is -2.31. The molecular weight excluding hydrogens is 240 g/mol. The van der Waals surface area contributed by atoms with E-state index in [1.807, 2.05) is 6.92 Å². The van der Waals surface area contributed by atoms with Crippen LogP contribution in [-0.2, 0) is 14.9 Å². The van der Waals surface area contributed by atoms with Gasteiger partial charge in [0, 0.05) is 5.92 Å². The standard InChI is InChI=1S/C12H22O4S/c1-5-7-10(11(13)6-2)8-12(9(3)4)17(14,15)16/h6,9-10,12H,2,5,7-8H2,1,3-4H3,(H,14,15,16). The summed E-state index contributed by atoms with van der Waals surface area (Å²) in [5.74, 6) is -0.741. The third kappa shape index (κ3) is 5.46. The Hall–Kier alpha value is -0.680. The molecule has 2 unspecified atom stereocenters. The van der Waals surface area contributed by atoms with Crippen molar-refractivity contribution in [3.63, 3.8) is 0 Å². The van der Waals surface area contributed by atoms with E-state index in [4.69, 9.17) is 4.55 Å². The van der Waals surface area contributed by atoms with Crippen LogP contribution in [0, 0.1) is 11.8 Å². The van der Waals surface area contributed by atoms with Crippen LogP contribution >= 0.6 is 0 Å². The summed E-state index contributed by atoms with van der Waals surface area (Å²) in [4.78, 5) is 11.6. The van der Waals surface area contributed by atoms with Crippen molar-refractivity contribution >= 4 is 15.9 Å². The van der Waals surface area contributed by atoms with E-state index < -0.39 is 15.4 Å². The predicted molar refractivity (Wildman–Crippen MR) is 68.4 cm³/mol. The minimum Gasteiger partial charge on any atom is -0.295 e. The quantitative estimate of drug-likeness (QED) is 0.539. The van der Waals surface area contributed by atoms with Gasteiger partial charge in [0.25, 0.3) is 10.1 Å². The minimum absolute atomic E-state index is 0.152. The number of hydrogen-bond acceptors (Lipinski definition) is 3. The molecule has 0 fully saturated rings. The van der Waals surface area contributed by atoms with Gasteiger partial charge in [-0.15, -0.1) is 0 Å². The highest BCUT2D eigenvalue weighted by atomic mass is 32.2. The second-order valence-electron chi connectivity index (χ2n) is 4.63. The van der Waals surface area contributed by atoms with Crippen LogP contribution in [0.4, 0.5) is 0 Å². The number of ketones is 1. The van der Waals surface area contributed by atoms with E-state index in [1.165, 1.54) is 6.08 Å². The molecule has 100 valence electrons. The van der Waals surface area contributed by atoms with Gasteiger partial charge in [0.2, 0.25) is 0 Å². The molecule has 17 heavy (non-hydrogen) atoms. The van der Waals surface area contributed by atoms with E-state index in [1.54, 1.807) is 13.8 Å². The molecule has 0 aromatic heterocycles. The van der Waals surface area contributed by atoms with Crippen molar-refractivity contribution in [2.75, 3.05) is 0 Å². The molecule has 0 saturated heterocycles. The first kappa shape index (κ1) is 16.3. The van der Waals surface area contributed by atoms with Gasteiger partial charge < -0.3 is 0 Å². The molecule has 0 bridgehead atoms. The van der Waals surface area contributed by atoms with Crippen LogP contribution in [0.25, 0.3) is 0 Å². The summed E-state index contributed by atoms with van der Waals surface area (Å²) >= 11 is 0. The Bertz CT molecular complexity index is 357. The van der Waals surface area contributed by atoms with Gasteiger partial charge in [-0.25, -0.2) is 0 Å². The van der Waals surface area contributed by atoms with E-state index in [0.29, 0.717) is 6.42 Å². The Balaban J connectivity index is 4.93. The van der Waals surface area contributed by atoms with Crippen molar-refractivity contribution in [1.29, 1.82) is 0 Å². The molecule has 5 heteroatoms. The second-order valence-corrected chi connectivity index (χ2v) is 6.26. The smallest absolute Gasteiger partial charge is 0.268 e. The minimum atomic E-state index is -4.11. The summed E-state index contributed by atoms with van der Waals surface area (Å²) in [5, 5.41) is -0.886. The summed E-state index contributed by atoms with van der Waals surface area (Å²) in [6.07, 6.45) is 2.79. The maximum Gasteiger partial charge on any atom is 0.268 e. The average molecular weight is 262 g/mol. The topological polar surface area (TPSA) is 71.4 Å². The normalized spacial score (nSPS) is 15.6. The zero-order chi connectivity index (χ0) is 13.6. The van der Waals surface area contributed by atoms with E-state index in [9.17, 15) is 13.2 Å². The number of hydrogen-bond donors (Lipinski definition) is 1. The van der Waals surface area contributed by atoms with E-state index in [2.05, 4.69) is 6.58 Å². The zero-order valence-electron chi connectivity index (χ0n) is 10.7. The number of carbonyl (C=O) groups is 1. The molecule has 0 rings (SSSR count). The maximum atomic E-state index is 11.6. The molecule has 0 aliphatic heterocycles. The number of rotatable bonds is 8. The summed E-state index contributed by atoms with van der Waals surface area (Å²) in [7, 11) is -4.11. The fourth-order valence-electron chi connectivity index (χ4n) is 1.91. The largest absolute Gasteiger partial charge is 0.295 e. The molecule has 0 aliphatic carbocycles. The first-order valence-electron chi connectivity index (χ1n) is 5.86. The van der Waals surface area contributed by atoms with Gasteiger partial charge >= 0.3 is 0 Å². The summed E-state index contributed by atoms with van der Waals surface area (Å²) in [6, 6.07) is 0. The van der Waals surface area contributed by atoms with Gasteiger partial charge in [0.1, 0.15) is 0 Å². The molecule has 4 nitrogen and oxygen atoms in total.